The predicted octanol–water partition coefficient (Wildman–Crippen LogP) is 16.0. The van der Waals surface area contributed by atoms with Gasteiger partial charge in [0.2, 0.25) is 0 Å². The quantitative estimate of drug-likeness (QED) is 0.151. The Morgan fingerprint density at radius 3 is 1.45 bits per heavy atom. The molecule has 58 heavy (non-hydrogen) atoms. The number of anilines is 3. The van der Waals surface area contributed by atoms with Crippen LogP contribution >= 0.6 is 0 Å². The van der Waals surface area contributed by atoms with Crippen LogP contribution in [0.2, 0.25) is 0 Å². The zero-order chi connectivity index (χ0) is 38.4. The predicted molar refractivity (Wildman–Crippen MR) is 245 cm³/mol. The van der Waals surface area contributed by atoms with Gasteiger partial charge in [0.05, 0.1) is 5.69 Å². The molecular formula is C56H37NO. The van der Waals surface area contributed by atoms with Gasteiger partial charge in [-0.3, -0.25) is 0 Å². The van der Waals surface area contributed by atoms with Gasteiger partial charge in [-0.05, 0) is 103 Å². The van der Waals surface area contributed by atoms with E-state index in [4.69, 9.17) is 4.42 Å². The molecule has 272 valence electrons. The first-order valence-electron chi connectivity index (χ1n) is 19.8. The van der Waals surface area contributed by atoms with E-state index in [0.717, 1.165) is 61.3 Å². The summed E-state index contributed by atoms with van der Waals surface area (Å²) in [5, 5.41) is 7.23. The molecule has 0 saturated carbocycles. The van der Waals surface area contributed by atoms with Gasteiger partial charge in [0, 0.05) is 27.7 Å². The van der Waals surface area contributed by atoms with Gasteiger partial charge < -0.3 is 9.32 Å². The second-order valence-electron chi connectivity index (χ2n) is 14.9. The Morgan fingerprint density at radius 2 is 0.776 bits per heavy atom. The Balaban J connectivity index is 1.10. The fourth-order valence-corrected chi connectivity index (χ4v) is 8.61. The largest absolute Gasteiger partial charge is 0.453 e. The molecule has 2 heteroatoms. The van der Waals surface area contributed by atoms with E-state index in [1.165, 1.54) is 43.8 Å². The lowest BCUT2D eigenvalue weighted by Crippen LogP contribution is -2.10. The number of hydrogen-bond acceptors (Lipinski definition) is 2. The molecule has 0 aliphatic carbocycles. The molecule has 0 aliphatic rings. The minimum atomic E-state index is 0.843. The molecule has 0 amide bonds. The van der Waals surface area contributed by atoms with E-state index in [0.29, 0.717) is 0 Å². The molecule has 0 saturated heterocycles. The third kappa shape index (κ3) is 5.82. The van der Waals surface area contributed by atoms with Crippen molar-refractivity contribution in [1.29, 1.82) is 0 Å². The van der Waals surface area contributed by atoms with Gasteiger partial charge in [-0.25, -0.2) is 0 Å². The lowest BCUT2D eigenvalue weighted by Gasteiger charge is -2.26. The van der Waals surface area contributed by atoms with Crippen molar-refractivity contribution in [2.75, 3.05) is 4.90 Å². The average Bonchev–Trinajstić information content (AvgIpc) is 3.71. The van der Waals surface area contributed by atoms with Gasteiger partial charge in [-0.2, -0.15) is 0 Å². The zero-order valence-corrected chi connectivity index (χ0v) is 31.7. The third-order valence-corrected chi connectivity index (χ3v) is 11.5. The summed E-state index contributed by atoms with van der Waals surface area (Å²) < 4.78 is 7.18. The maximum atomic E-state index is 7.18. The number of hydrogen-bond donors (Lipinski definition) is 0. The highest BCUT2D eigenvalue weighted by Crippen LogP contribution is 2.47. The van der Waals surface area contributed by atoms with Crippen LogP contribution in [0.25, 0.3) is 88.0 Å². The second-order valence-corrected chi connectivity index (χ2v) is 14.9. The highest BCUT2D eigenvalue weighted by molar-refractivity contribution is 6.19. The zero-order valence-electron chi connectivity index (χ0n) is 31.7. The Kier molecular flexibility index (Phi) is 8.19. The molecule has 0 atom stereocenters. The Morgan fingerprint density at radius 1 is 0.293 bits per heavy atom. The lowest BCUT2D eigenvalue weighted by molar-refractivity contribution is 0.670. The normalized spacial score (nSPS) is 11.4. The van der Waals surface area contributed by atoms with Crippen molar-refractivity contribution in [2.24, 2.45) is 0 Å². The first-order valence-corrected chi connectivity index (χ1v) is 19.8. The minimum Gasteiger partial charge on any atom is -0.453 e. The van der Waals surface area contributed by atoms with Crippen LogP contribution in [-0.2, 0) is 0 Å². The van der Waals surface area contributed by atoms with Crippen molar-refractivity contribution in [3.05, 3.63) is 224 Å². The van der Waals surface area contributed by atoms with Crippen molar-refractivity contribution < 1.29 is 4.42 Å². The van der Waals surface area contributed by atoms with Crippen LogP contribution in [0.3, 0.4) is 0 Å². The van der Waals surface area contributed by atoms with E-state index < -0.39 is 0 Å². The minimum absolute atomic E-state index is 0.843. The smallest absolute Gasteiger partial charge is 0.159 e. The molecular weight excluding hydrogens is 703 g/mol. The molecule has 0 aliphatic heterocycles. The number of fused-ring (bicyclic) bond motifs is 6. The van der Waals surface area contributed by atoms with Gasteiger partial charge in [0.1, 0.15) is 5.58 Å². The van der Waals surface area contributed by atoms with Crippen molar-refractivity contribution in [3.8, 4) is 44.5 Å². The van der Waals surface area contributed by atoms with Crippen molar-refractivity contribution >= 4 is 60.5 Å². The van der Waals surface area contributed by atoms with Gasteiger partial charge in [-0.1, -0.05) is 182 Å². The summed E-state index contributed by atoms with van der Waals surface area (Å²) in [5.74, 6) is 0. The maximum absolute atomic E-state index is 7.18. The van der Waals surface area contributed by atoms with Crippen LogP contribution in [0.5, 0.6) is 0 Å². The van der Waals surface area contributed by atoms with Crippen LogP contribution in [0.1, 0.15) is 0 Å². The Labute approximate surface area is 337 Å². The summed E-state index contributed by atoms with van der Waals surface area (Å²) in [7, 11) is 0. The number of furan rings is 1. The van der Waals surface area contributed by atoms with Crippen LogP contribution in [0, 0.1) is 0 Å². The summed E-state index contributed by atoms with van der Waals surface area (Å²) in [6.45, 7) is 0. The molecule has 10 aromatic carbocycles. The van der Waals surface area contributed by atoms with Crippen LogP contribution in [0.4, 0.5) is 17.1 Å². The molecule has 1 heterocycles. The number of rotatable bonds is 7. The van der Waals surface area contributed by atoms with Gasteiger partial charge >= 0.3 is 0 Å². The highest BCUT2D eigenvalue weighted by Gasteiger charge is 2.23. The maximum Gasteiger partial charge on any atom is 0.159 e. The molecule has 0 radical (unpaired) electrons. The molecule has 0 unspecified atom stereocenters. The number of benzene rings is 10. The third-order valence-electron chi connectivity index (χ3n) is 11.5. The van der Waals surface area contributed by atoms with E-state index in [-0.39, 0.29) is 0 Å². The highest BCUT2D eigenvalue weighted by atomic mass is 16.3. The molecule has 0 spiro atoms. The summed E-state index contributed by atoms with van der Waals surface area (Å²) in [5.41, 5.74) is 14.0. The molecule has 0 fully saturated rings. The van der Waals surface area contributed by atoms with E-state index in [2.05, 4.69) is 229 Å². The Bertz CT molecular complexity index is 3240. The molecule has 11 rings (SSSR count). The first-order chi connectivity index (χ1) is 28.8. The lowest BCUT2D eigenvalue weighted by atomic mass is 9.94. The first kappa shape index (κ1) is 33.6. The van der Waals surface area contributed by atoms with Crippen LogP contribution in [0.15, 0.2) is 229 Å². The molecule has 11 aromatic rings. The fraction of sp³-hybridized carbons (Fsp3) is 0. The summed E-state index contributed by atoms with van der Waals surface area (Å²) in [6, 6.07) is 80.4. The monoisotopic (exact) mass is 739 g/mol. The van der Waals surface area contributed by atoms with Crippen LogP contribution in [-0.4, -0.2) is 0 Å². The van der Waals surface area contributed by atoms with Gasteiger partial charge in [0.15, 0.2) is 5.58 Å². The number of nitrogens with zero attached hydrogens (tertiary/aromatic N) is 1. The second kappa shape index (κ2) is 14.1. The van der Waals surface area contributed by atoms with E-state index >= 15 is 0 Å². The van der Waals surface area contributed by atoms with Crippen molar-refractivity contribution in [3.63, 3.8) is 0 Å². The fourth-order valence-electron chi connectivity index (χ4n) is 8.61. The summed E-state index contributed by atoms with van der Waals surface area (Å²) in [6.07, 6.45) is 0. The van der Waals surface area contributed by atoms with Crippen molar-refractivity contribution in [2.45, 2.75) is 0 Å². The molecule has 2 nitrogen and oxygen atoms in total. The summed E-state index contributed by atoms with van der Waals surface area (Å²) in [4.78, 5) is 2.33. The van der Waals surface area contributed by atoms with Crippen molar-refractivity contribution in [1.82, 2.24) is 0 Å². The Hall–Kier alpha value is -7.68. The summed E-state index contributed by atoms with van der Waals surface area (Å²) >= 11 is 0. The standard InChI is InChI=1S/C56H37NO/c1-4-13-38(14-5-1)39-27-31-46(32-28-39)57(47-33-29-40(30-34-47)45-26-25-44-24-23-43-19-10-11-20-48(43)52(44)37-45)53-22-12-21-51-54-49(41-15-6-2-7-16-41)35-36-50(56(54)58-55(51)53)42-17-8-3-9-18-42/h1-37H. The topological polar surface area (TPSA) is 16.4 Å². The SMILES string of the molecule is c1ccc(-c2ccc(N(c3ccc(-c4ccc5ccc6ccccc6c5c4)cc3)c3cccc4c3oc3c(-c5ccccc5)ccc(-c5ccccc5)c34)cc2)cc1. The number of para-hydroxylation sites is 1. The molecule has 0 N–H and O–H groups in total. The van der Waals surface area contributed by atoms with E-state index in [9.17, 15) is 0 Å². The average molecular weight is 740 g/mol. The van der Waals surface area contributed by atoms with Gasteiger partial charge in [0.25, 0.3) is 0 Å². The van der Waals surface area contributed by atoms with Gasteiger partial charge in [-0.15, -0.1) is 0 Å². The molecule has 0 bridgehead atoms. The van der Waals surface area contributed by atoms with E-state index in [1.54, 1.807) is 0 Å². The van der Waals surface area contributed by atoms with Crippen LogP contribution < -0.4 is 4.90 Å². The molecule has 1 aromatic heterocycles. The van der Waals surface area contributed by atoms with E-state index in [1.807, 2.05) is 0 Å².